The predicted octanol–water partition coefficient (Wildman–Crippen LogP) is -0.439. The number of hydrogen-bond acceptors (Lipinski definition) is 3. The van der Waals surface area contributed by atoms with E-state index >= 15 is 0 Å². The van der Waals surface area contributed by atoms with E-state index in [1.54, 1.807) is 20.8 Å². The van der Waals surface area contributed by atoms with Crippen molar-refractivity contribution in [3.05, 3.63) is 0 Å². The van der Waals surface area contributed by atoms with Crippen LogP contribution in [0.1, 0.15) is 20.8 Å². The van der Waals surface area contributed by atoms with Crippen molar-refractivity contribution in [3.63, 3.8) is 0 Å². The lowest BCUT2D eigenvalue weighted by atomic mass is 10.0. The average molecular weight is 188 g/mol. The fourth-order valence-corrected chi connectivity index (χ4v) is 0.583. The molecule has 1 atom stereocenters. The summed E-state index contributed by atoms with van der Waals surface area (Å²) >= 11 is 0. The number of nitrogens with two attached hydrogens (primary N) is 1. The highest BCUT2D eigenvalue weighted by molar-refractivity contribution is 5.83. The Labute approximate surface area is 77.3 Å². The van der Waals surface area contributed by atoms with Gasteiger partial charge in [-0.2, -0.15) is 0 Å². The van der Waals surface area contributed by atoms with Crippen molar-refractivity contribution in [1.29, 1.82) is 0 Å². The molecule has 76 valence electrons. The number of carbonyl (C=O) groups is 2. The Morgan fingerprint density at radius 2 is 2.00 bits per heavy atom. The number of rotatable bonds is 5. The number of hydrogen-bond donors (Lipinski definition) is 3. The van der Waals surface area contributed by atoms with E-state index in [-0.39, 0.29) is 6.54 Å². The van der Waals surface area contributed by atoms with Crippen LogP contribution in [0.25, 0.3) is 0 Å². The highest BCUT2D eigenvalue weighted by atomic mass is 16.4. The SMILES string of the molecule is CC(CNC(C)(C)C(N)=O)C(=O)O. The van der Waals surface area contributed by atoms with Crippen LogP contribution in [0.4, 0.5) is 0 Å². The van der Waals surface area contributed by atoms with Gasteiger partial charge in [0.1, 0.15) is 0 Å². The van der Waals surface area contributed by atoms with Crippen LogP contribution in [-0.4, -0.2) is 29.1 Å². The summed E-state index contributed by atoms with van der Waals surface area (Å²) in [6, 6.07) is 0. The fraction of sp³-hybridized carbons (Fsp3) is 0.750. The molecule has 0 fully saturated rings. The molecule has 4 N–H and O–H groups in total. The van der Waals surface area contributed by atoms with E-state index in [2.05, 4.69) is 5.32 Å². The molecule has 0 rings (SSSR count). The lowest BCUT2D eigenvalue weighted by Crippen LogP contribution is -2.52. The fourth-order valence-electron chi connectivity index (χ4n) is 0.583. The second-order valence-corrected chi connectivity index (χ2v) is 3.61. The molecule has 0 aliphatic rings. The lowest BCUT2D eigenvalue weighted by Gasteiger charge is -2.23. The van der Waals surface area contributed by atoms with Crippen molar-refractivity contribution in [3.8, 4) is 0 Å². The standard InChI is InChI=1S/C8H16N2O3/c1-5(6(11)12)4-10-8(2,3)7(9)13/h5,10H,4H2,1-3H3,(H2,9,13)(H,11,12). The largest absolute Gasteiger partial charge is 0.481 e. The summed E-state index contributed by atoms with van der Waals surface area (Å²) in [5.74, 6) is -1.92. The van der Waals surface area contributed by atoms with Crippen LogP contribution in [0, 0.1) is 5.92 Å². The molecule has 5 heteroatoms. The molecule has 0 aromatic rings. The van der Waals surface area contributed by atoms with Crippen molar-refractivity contribution in [2.24, 2.45) is 11.7 Å². The minimum atomic E-state index is -0.896. The maximum atomic E-state index is 10.8. The molecule has 0 radical (unpaired) electrons. The van der Waals surface area contributed by atoms with Crippen LogP contribution in [0.2, 0.25) is 0 Å². The van der Waals surface area contributed by atoms with Gasteiger partial charge in [-0.1, -0.05) is 6.92 Å². The summed E-state index contributed by atoms with van der Waals surface area (Å²) in [5.41, 5.74) is 4.23. The normalized spacial score (nSPS) is 13.8. The molecule has 0 heterocycles. The monoisotopic (exact) mass is 188 g/mol. The topological polar surface area (TPSA) is 92.4 Å². The van der Waals surface area contributed by atoms with Gasteiger partial charge >= 0.3 is 5.97 Å². The van der Waals surface area contributed by atoms with Crippen LogP contribution in [0.5, 0.6) is 0 Å². The van der Waals surface area contributed by atoms with Crippen molar-refractivity contribution in [2.75, 3.05) is 6.54 Å². The zero-order chi connectivity index (χ0) is 10.6. The molecule has 0 aliphatic carbocycles. The minimum Gasteiger partial charge on any atom is -0.481 e. The van der Waals surface area contributed by atoms with Gasteiger partial charge in [0.2, 0.25) is 5.91 Å². The Bertz CT molecular complexity index is 213. The van der Waals surface area contributed by atoms with E-state index < -0.39 is 23.3 Å². The molecule has 1 unspecified atom stereocenters. The first kappa shape index (κ1) is 11.9. The summed E-state index contributed by atoms with van der Waals surface area (Å²) in [6.07, 6.45) is 0. The van der Waals surface area contributed by atoms with Gasteiger partial charge < -0.3 is 16.2 Å². The highest BCUT2D eigenvalue weighted by Gasteiger charge is 2.25. The first-order valence-electron chi connectivity index (χ1n) is 4.05. The molecule has 0 saturated carbocycles. The molecule has 0 aromatic heterocycles. The zero-order valence-electron chi connectivity index (χ0n) is 8.13. The number of carboxylic acid groups (broad SMARTS) is 1. The maximum Gasteiger partial charge on any atom is 0.307 e. The summed E-state index contributed by atoms with van der Waals surface area (Å²) in [5, 5.41) is 11.3. The van der Waals surface area contributed by atoms with Crippen LogP contribution in [0.3, 0.4) is 0 Å². The van der Waals surface area contributed by atoms with Crippen LogP contribution < -0.4 is 11.1 Å². The Morgan fingerprint density at radius 3 is 2.31 bits per heavy atom. The number of aliphatic carboxylic acids is 1. The second-order valence-electron chi connectivity index (χ2n) is 3.61. The molecule has 0 bridgehead atoms. The first-order valence-corrected chi connectivity index (χ1v) is 4.05. The van der Waals surface area contributed by atoms with Crippen molar-refractivity contribution >= 4 is 11.9 Å². The highest BCUT2D eigenvalue weighted by Crippen LogP contribution is 2.02. The Kier molecular flexibility index (Phi) is 3.87. The molecular formula is C8H16N2O3. The van der Waals surface area contributed by atoms with Gasteiger partial charge in [0.05, 0.1) is 11.5 Å². The Morgan fingerprint density at radius 1 is 1.54 bits per heavy atom. The van der Waals surface area contributed by atoms with Gasteiger partial charge in [-0.15, -0.1) is 0 Å². The smallest absolute Gasteiger partial charge is 0.307 e. The van der Waals surface area contributed by atoms with Gasteiger partial charge in [0.15, 0.2) is 0 Å². The minimum absolute atomic E-state index is 0.227. The van der Waals surface area contributed by atoms with E-state index in [1.165, 1.54) is 0 Å². The first-order chi connectivity index (χ1) is 5.77. The summed E-state index contributed by atoms with van der Waals surface area (Å²) < 4.78 is 0. The molecule has 0 spiro atoms. The van der Waals surface area contributed by atoms with E-state index in [1.807, 2.05) is 0 Å². The summed E-state index contributed by atoms with van der Waals surface area (Å²) in [6.45, 7) is 5.02. The van der Waals surface area contributed by atoms with Crippen molar-refractivity contribution in [2.45, 2.75) is 26.3 Å². The Balaban J connectivity index is 4.02. The Hall–Kier alpha value is -1.10. The van der Waals surface area contributed by atoms with Crippen molar-refractivity contribution in [1.82, 2.24) is 5.32 Å². The third-order valence-corrected chi connectivity index (χ3v) is 1.89. The lowest BCUT2D eigenvalue weighted by molar-refractivity contribution is -0.141. The molecule has 13 heavy (non-hydrogen) atoms. The zero-order valence-corrected chi connectivity index (χ0v) is 8.13. The molecular weight excluding hydrogens is 172 g/mol. The van der Waals surface area contributed by atoms with Gasteiger partial charge in [0.25, 0.3) is 0 Å². The third kappa shape index (κ3) is 3.89. The third-order valence-electron chi connectivity index (χ3n) is 1.89. The maximum absolute atomic E-state index is 10.8. The predicted molar refractivity (Wildman–Crippen MR) is 48.1 cm³/mol. The van der Waals surface area contributed by atoms with Crippen molar-refractivity contribution < 1.29 is 14.7 Å². The van der Waals surface area contributed by atoms with Gasteiger partial charge in [-0.3, -0.25) is 9.59 Å². The number of amides is 1. The number of nitrogens with one attached hydrogen (secondary N) is 1. The molecule has 1 amide bonds. The van der Waals surface area contributed by atoms with Gasteiger partial charge in [-0.05, 0) is 13.8 Å². The number of primary amides is 1. The van der Waals surface area contributed by atoms with Crippen LogP contribution in [0.15, 0.2) is 0 Å². The quantitative estimate of drug-likeness (QED) is 0.545. The van der Waals surface area contributed by atoms with Gasteiger partial charge in [0, 0.05) is 6.54 Å². The molecule has 5 nitrogen and oxygen atoms in total. The number of carbonyl (C=O) groups excluding carboxylic acids is 1. The van der Waals surface area contributed by atoms with E-state index in [0.29, 0.717) is 0 Å². The second kappa shape index (κ2) is 4.23. The van der Waals surface area contributed by atoms with E-state index in [0.717, 1.165) is 0 Å². The van der Waals surface area contributed by atoms with Crippen LogP contribution >= 0.6 is 0 Å². The van der Waals surface area contributed by atoms with Crippen LogP contribution in [-0.2, 0) is 9.59 Å². The summed E-state index contributed by atoms with van der Waals surface area (Å²) in [7, 11) is 0. The molecule has 0 aromatic carbocycles. The summed E-state index contributed by atoms with van der Waals surface area (Å²) in [4.78, 5) is 21.2. The average Bonchev–Trinajstić information content (AvgIpc) is 1.99. The molecule has 0 saturated heterocycles. The van der Waals surface area contributed by atoms with E-state index in [9.17, 15) is 9.59 Å². The molecule has 0 aliphatic heterocycles. The van der Waals surface area contributed by atoms with E-state index in [4.69, 9.17) is 10.8 Å². The van der Waals surface area contributed by atoms with Gasteiger partial charge in [-0.25, -0.2) is 0 Å². The number of carboxylic acids is 1.